The molecule has 0 saturated carbocycles. The van der Waals surface area contributed by atoms with Crippen molar-refractivity contribution < 1.29 is 13.2 Å². The molecule has 0 aliphatic carbocycles. The third-order valence-electron chi connectivity index (χ3n) is 5.93. The number of rotatable bonds is 5. The lowest BCUT2D eigenvalue weighted by Crippen LogP contribution is -2.39. The van der Waals surface area contributed by atoms with E-state index in [9.17, 15) is 13.2 Å². The Labute approximate surface area is 184 Å². The van der Waals surface area contributed by atoms with Crippen LogP contribution in [0.2, 0.25) is 0 Å². The van der Waals surface area contributed by atoms with Crippen molar-refractivity contribution in [3.05, 3.63) is 57.5 Å². The molecule has 10 heteroatoms. The van der Waals surface area contributed by atoms with Gasteiger partial charge in [-0.3, -0.25) is 14.3 Å². The van der Waals surface area contributed by atoms with E-state index in [1.165, 1.54) is 15.6 Å². The van der Waals surface area contributed by atoms with Crippen molar-refractivity contribution >= 4 is 31.6 Å². The Hall–Kier alpha value is -2.11. The zero-order chi connectivity index (χ0) is 21.4. The highest BCUT2D eigenvalue weighted by Gasteiger charge is 2.31. The van der Waals surface area contributed by atoms with Gasteiger partial charge in [0.15, 0.2) is 0 Å². The van der Waals surface area contributed by atoms with Crippen molar-refractivity contribution in [1.29, 1.82) is 0 Å². The van der Waals surface area contributed by atoms with Crippen LogP contribution in [0.1, 0.15) is 10.4 Å². The maximum absolute atomic E-state index is 13.2. The SMILES string of the molecule is O=c1c2c3c(sc2ncn1CCN1CCOCC1)CN(S(=O)(=O)c1ccccc1)CC3. The van der Waals surface area contributed by atoms with E-state index in [1.807, 2.05) is 0 Å². The van der Waals surface area contributed by atoms with E-state index in [0.29, 0.717) is 34.6 Å². The number of thiophene rings is 1. The number of hydrogen-bond donors (Lipinski definition) is 0. The lowest BCUT2D eigenvalue weighted by Gasteiger charge is -2.26. The Morgan fingerprint density at radius 2 is 1.84 bits per heavy atom. The predicted molar refractivity (Wildman–Crippen MR) is 119 cm³/mol. The number of ether oxygens (including phenoxy) is 1. The summed E-state index contributed by atoms with van der Waals surface area (Å²) in [6, 6.07) is 8.49. The molecule has 1 saturated heterocycles. The molecule has 164 valence electrons. The fourth-order valence-electron chi connectivity index (χ4n) is 4.18. The van der Waals surface area contributed by atoms with E-state index in [2.05, 4.69) is 9.88 Å². The number of sulfonamides is 1. The lowest BCUT2D eigenvalue weighted by molar-refractivity contribution is 0.0362. The van der Waals surface area contributed by atoms with Gasteiger partial charge < -0.3 is 4.74 Å². The van der Waals surface area contributed by atoms with Gasteiger partial charge in [-0.2, -0.15) is 4.31 Å². The smallest absolute Gasteiger partial charge is 0.262 e. The second-order valence-electron chi connectivity index (χ2n) is 7.78. The van der Waals surface area contributed by atoms with Crippen molar-refractivity contribution in [3.8, 4) is 0 Å². The van der Waals surface area contributed by atoms with Crippen LogP contribution in [0.5, 0.6) is 0 Å². The summed E-state index contributed by atoms with van der Waals surface area (Å²) >= 11 is 1.43. The van der Waals surface area contributed by atoms with Crippen LogP contribution in [0.4, 0.5) is 0 Å². The fraction of sp³-hybridized carbons (Fsp3) is 0.429. The van der Waals surface area contributed by atoms with Crippen LogP contribution in [0.15, 0.2) is 46.3 Å². The molecule has 1 aromatic carbocycles. The van der Waals surface area contributed by atoms with Gasteiger partial charge in [0.05, 0.1) is 29.8 Å². The molecular weight excluding hydrogens is 436 g/mol. The van der Waals surface area contributed by atoms with Crippen LogP contribution in [0.25, 0.3) is 10.2 Å². The van der Waals surface area contributed by atoms with Crippen LogP contribution in [-0.2, 0) is 34.3 Å². The van der Waals surface area contributed by atoms with Crippen LogP contribution >= 0.6 is 11.3 Å². The van der Waals surface area contributed by atoms with Crippen LogP contribution in [0.3, 0.4) is 0 Å². The standard InChI is InChI=1S/C21H24N4O4S2/c26-21-19-17-6-7-25(31(27,28)16-4-2-1-3-5-16)14-18(17)30-20(19)22-15-24(21)9-8-23-10-12-29-13-11-23/h1-5,15H,6-14H2. The zero-order valence-corrected chi connectivity index (χ0v) is 18.7. The first-order chi connectivity index (χ1) is 15.0. The van der Waals surface area contributed by atoms with E-state index in [4.69, 9.17) is 4.74 Å². The lowest BCUT2D eigenvalue weighted by atomic mass is 10.1. The largest absolute Gasteiger partial charge is 0.379 e. The summed E-state index contributed by atoms with van der Waals surface area (Å²) in [6.07, 6.45) is 2.14. The van der Waals surface area contributed by atoms with Gasteiger partial charge in [0.2, 0.25) is 10.0 Å². The summed E-state index contributed by atoms with van der Waals surface area (Å²) < 4.78 is 34.6. The molecule has 4 heterocycles. The Balaban J connectivity index is 1.41. The first kappa shape index (κ1) is 20.8. The average Bonchev–Trinajstić information content (AvgIpc) is 3.18. The third kappa shape index (κ3) is 3.94. The molecule has 8 nitrogen and oxygen atoms in total. The molecule has 2 aromatic heterocycles. The highest BCUT2D eigenvalue weighted by molar-refractivity contribution is 7.89. The molecule has 2 aliphatic rings. The van der Waals surface area contributed by atoms with Gasteiger partial charge in [-0.05, 0) is 24.1 Å². The summed E-state index contributed by atoms with van der Waals surface area (Å²) in [5.74, 6) is 0. The first-order valence-corrected chi connectivity index (χ1v) is 12.6. The molecule has 0 spiro atoms. The van der Waals surface area contributed by atoms with Crippen molar-refractivity contribution in [2.45, 2.75) is 24.4 Å². The molecular formula is C21H24N4O4S2. The molecule has 5 rings (SSSR count). The minimum atomic E-state index is -3.56. The third-order valence-corrected chi connectivity index (χ3v) is 8.92. The molecule has 0 N–H and O–H groups in total. The quantitative estimate of drug-likeness (QED) is 0.574. The molecule has 1 fully saturated rings. The van der Waals surface area contributed by atoms with Gasteiger partial charge in [0.1, 0.15) is 4.83 Å². The zero-order valence-electron chi connectivity index (χ0n) is 17.1. The molecule has 0 radical (unpaired) electrons. The summed E-state index contributed by atoms with van der Waals surface area (Å²) in [5, 5.41) is 0.654. The molecule has 31 heavy (non-hydrogen) atoms. The van der Waals surface area contributed by atoms with Gasteiger partial charge in [0, 0.05) is 44.1 Å². The van der Waals surface area contributed by atoms with Crippen molar-refractivity contribution in [3.63, 3.8) is 0 Å². The second-order valence-corrected chi connectivity index (χ2v) is 10.8. The highest BCUT2D eigenvalue weighted by atomic mass is 32.2. The summed E-state index contributed by atoms with van der Waals surface area (Å²) in [4.78, 5) is 21.9. The average molecular weight is 461 g/mol. The number of hydrogen-bond acceptors (Lipinski definition) is 7. The summed E-state index contributed by atoms with van der Waals surface area (Å²) in [6.45, 7) is 5.22. The Morgan fingerprint density at radius 3 is 2.61 bits per heavy atom. The highest BCUT2D eigenvalue weighted by Crippen LogP contribution is 2.34. The van der Waals surface area contributed by atoms with E-state index < -0.39 is 10.0 Å². The fourth-order valence-corrected chi connectivity index (χ4v) is 6.88. The molecule has 0 amide bonds. The number of nitrogens with zero attached hydrogens (tertiary/aromatic N) is 4. The van der Waals surface area contributed by atoms with Crippen molar-refractivity contribution in [1.82, 2.24) is 18.8 Å². The van der Waals surface area contributed by atoms with Crippen molar-refractivity contribution in [2.75, 3.05) is 39.4 Å². The number of benzene rings is 1. The normalized spacial score (nSPS) is 18.3. The number of fused-ring (bicyclic) bond motifs is 3. The summed E-state index contributed by atoms with van der Waals surface area (Å²) in [7, 11) is -3.56. The number of morpholine rings is 1. The van der Waals surface area contributed by atoms with Crippen molar-refractivity contribution in [2.24, 2.45) is 0 Å². The Bertz CT molecular complexity index is 1250. The monoisotopic (exact) mass is 460 g/mol. The van der Waals surface area contributed by atoms with Gasteiger partial charge in [-0.15, -0.1) is 11.3 Å². The summed E-state index contributed by atoms with van der Waals surface area (Å²) in [5.41, 5.74) is 0.924. The van der Waals surface area contributed by atoms with Crippen LogP contribution in [0, 0.1) is 0 Å². The van der Waals surface area contributed by atoms with Crippen LogP contribution < -0.4 is 5.56 Å². The first-order valence-electron chi connectivity index (χ1n) is 10.4. The molecule has 0 unspecified atom stereocenters. The van der Waals surface area contributed by atoms with Gasteiger partial charge in [0.25, 0.3) is 5.56 Å². The molecule has 2 aliphatic heterocycles. The van der Waals surface area contributed by atoms with Gasteiger partial charge in [-0.1, -0.05) is 18.2 Å². The maximum Gasteiger partial charge on any atom is 0.262 e. The molecule has 0 atom stereocenters. The number of aromatic nitrogens is 2. The van der Waals surface area contributed by atoms with E-state index >= 15 is 0 Å². The van der Waals surface area contributed by atoms with Crippen LogP contribution in [-0.4, -0.2) is 66.6 Å². The Kier molecular flexibility index (Phi) is 5.65. The topological polar surface area (TPSA) is 84.7 Å². The van der Waals surface area contributed by atoms with E-state index in [0.717, 1.165) is 43.3 Å². The Morgan fingerprint density at radius 1 is 1.06 bits per heavy atom. The minimum absolute atomic E-state index is 0.0323. The van der Waals surface area contributed by atoms with Gasteiger partial charge in [-0.25, -0.2) is 13.4 Å². The van der Waals surface area contributed by atoms with E-state index in [-0.39, 0.29) is 12.1 Å². The molecule has 0 bridgehead atoms. The van der Waals surface area contributed by atoms with E-state index in [1.54, 1.807) is 41.2 Å². The maximum atomic E-state index is 13.2. The minimum Gasteiger partial charge on any atom is -0.379 e. The molecule has 3 aromatic rings. The second kappa shape index (κ2) is 8.44. The van der Waals surface area contributed by atoms with Gasteiger partial charge >= 0.3 is 0 Å². The predicted octanol–water partition coefficient (Wildman–Crippen LogP) is 1.54.